The summed E-state index contributed by atoms with van der Waals surface area (Å²) in [6.07, 6.45) is 14.6. The third-order valence-electron chi connectivity index (χ3n) is 7.22. The number of aromatic hydroxyl groups is 1. The van der Waals surface area contributed by atoms with E-state index in [1.54, 1.807) is 26.8 Å². The van der Waals surface area contributed by atoms with Crippen molar-refractivity contribution in [2.45, 2.75) is 118 Å². The molecule has 0 saturated heterocycles. The molecule has 0 bridgehead atoms. The minimum Gasteiger partial charge on any atom is -0.506 e. The Kier molecular flexibility index (Phi) is 13.4. The molecular formula is C32H50ClN3O3. The average molecular weight is 560 g/mol. The van der Waals surface area contributed by atoms with Gasteiger partial charge in [-0.1, -0.05) is 123 Å². The normalized spacial score (nSPS) is 12.4. The van der Waals surface area contributed by atoms with E-state index < -0.39 is 11.3 Å². The number of nitrogens with one attached hydrogen (secondary N) is 2. The van der Waals surface area contributed by atoms with E-state index >= 15 is 0 Å². The van der Waals surface area contributed by atoms with E-state index in [0.29, 0.717) is 21.8 Å². The maximum absolute atomic E-state index is 13.0. The molecule has 0 saturated carbocycles. The molecule has 0 aliphatic heterocycles. The molecule has 0 aromatic heterocycles. The van der Waals surface area contributed by atoms with Crippen LogP contribution in [0.2, 0.25) is 5.02 Å². The van der Waals surface area contributed by atoms with Gasteiger partial charge >= 0.3 is 0 Å². The SMILES string of the molecule is CCCCCCCCC(CCCCCC)Nc1cccc2c(O)c(C(=O)NN(C)C(=O)C(C)(C)C)cc(Cl)c12. The van der Waals surface area contributed by atoms with Crippen LogP contribution >= 0.6 is 11.6 Å². The molecule has 0 radical (unpaired) electrons. The number of halogens is 1. The Labute approximate surface area is 240 Å². The molecule has 0 aliphatic carbocycles. The number of phenols is 1. The zero-order valence-corrected chi connectivity index (χ0v) is 25.7. The highest BCUT2D eigenvalue weighted by Gasteiger charge is 2.27. The molecule has 39 heavy (non-hydrogen) atoms. The number of hydrogen-bond acceptors (Lipinski definition) is 4. The first kappa shape index (κ1) is 32.7. The van der Waals surface area contributed by atoms with Gasteiger partial charge in [-0.25, -0.2) is 0 Å². The van der Waals surface area contributed by atoms with Crippen LogP contribution < -0.4 is 10.7 Å². The number of carbonyl (C=O) groups excluding carboxylic acids is 2. The topological polar surface area (TPSA) is 81.7 Å². The maximum atomic E-state index is 13.0. The first-order valence-electron chi connectivity index (χ1n) is 14.8. The van der Waals surface area contributed by atoms with Crippen LogP contribution in [-0.2, 0) is 4.79 Å². The van der Waals surface area contributed by atoms with Crippen LogP contribution in [0.25, 0.3) is 10.8 Å². The smallest absolute Gasteiger partial charge is 0.273 e. The van der Waals surface area contributed by atoms with Gasteiger partial charge in [0.05, 0.1) is 10.6 Å². The van der Waals surface area contributed by atoms with E-state index in [9.17, 15) is 14.7 Å². The van der Waals surface area contributed by atoms with Crippen molar-refractivity contribution >= 4 is 39.9 Å². The molecule has 1 atom stereocenters. The molecule has 0 aliphatic rings. The van der Waals surface area contributed by atoms with Gasteiger partial charge in [-0.15, -0.1) is 0 Å². The number of amides is 2. The van der Waals surface area contributed by atoms with E-state index in [1.165, 1.54) is 77.3 Å². The third kappa shape index (κ3) is 9.90. The Hall–Kier alpha value is -2.47. The molecule has 218 valence electrons. The summed E-state index contributed by atoms with van der Waals surface area (Å²) >= 11 is 6.75. The number of carbonyl (C=O) groups is 2. The van der Waals surface area contributed by atoms with Crippen molar-refractivity contribution in [3.63, 3.8) is 0 Å². The molecule has 2 rings (SSSR count). The Balaban J connectivity index is 2.26. The minimum absolute atomic E-state index is 0.0291. The minimum atomic E-state index is -0.658. The zero-order valence-electron chi connectivity index (χ0n) is 25.0. The highest BCUT2D eigenvalue weighted by atomic mass is 35.5. The number of benzene rings is 2. The number of phenolic OH excluding ortho intramolecular Hbond substituents is 1. The molecule has 2 aromatic carbocycles. The van der Waals surface area contributed by atoms with Crippen LogP contribution in [-0.4, -0.2) is 35.0 Å². The molecule has 0 fully saturated rings. The lowest BCUT2D eigenvalue weighted by Gasteiger charge is -2.26. The quantitative estimate of drug-likeness (QED) is 0.150. The fourth-order valence-corrected chi connectivity index (χ4v) is 5.29. The van der Waals surface area contributed by atoms with Crippen LogP contribution in [0, 0.1) is 5.41 Å². The van der Waals surface area contributed by atoms with Crippen LogP contribution in [0.1, 0.15) is 122 Å². The van der Waals surface area contributed by atoms with Crippen LogP contribution in [0.3, 0.4) is 0 Å². The number of anilines is 1. The summed E-state index contributed by atoms with van der Waals surface area (Å²) < 4.78 is 0. The summed E-state index contributed by atoms with van der Waals surface area (Å²) in [5, 5.41) is 17.6. The predicted octanol–water partition coefficient (Wildman–Crippen LogP) is 8.85. The van der Waals surface area contributed by atoms with Gasteiger partial charge in [-0.3, -0.25) is 20.0 Å². The Morgan fingerprint density at radius 1 is 0.949 bits per heavy atom. The second-order valence-electron chi connectivity index (χ2n) is 11.8. The van der Waals surface area contributed by atoms with E-state index in [-0.39, 0.29) is 17.2 Å². The van der Waals surface area contributed by atoms with Crippen molar-refractivity contribution in [3.8, 4) is 5.75 Å². The number of unbranched alkanes of at least 4 members (excludes halogenated alkanes) is 8. The predicted molar refractivity (Wildman–Crippen MR) is 164 cm³/mol. The lowest BCUT2D eigenvalue weighted by Crippen LogP contribution is -2.47. The standard InChI is InChI=1S/C32H50ClN3O3/c1-7-9-11-13-14-16-19-23(18-15-12-10-8-2)34-27-21-17-20-24-28(27)26(33)22-25(29(24)37)30(38)35-36(6)31(39)32(3,4)5/h17,20-23,34,37H,7-16,18-19H2,1-6H3,(H,35,38). The molecule has 2 amide bonds. The molecule has 3 N–H and O–H groups in total. The van der Waals surface area contributed by atoms with Gasteiger partial charge in [0.25, 0.3) is 5.91 Å². The van der Waals surface area contributed by atoms with Crippen molar-refractivity contribution in [2.75, 3.05) is 12.4 Å². The molecule has 7 heteroatoms. The van der Waals surface area contributed by atoms with Gasteiger partial charge in [0, 0.05) is 35.0 Å². The van der Waals surface area contributed by atoms with E-state index in [4.69, 9.17) is 11.6 Å². The van der Waals surface area contributed by atoms with Gasteiger partial charge in [0.1, 0.15) is 5.75 Å². The third-order valence-corrected chi connectivity index (χ3v) is 7.51. The van der Waals surface area contributed by atoms with Crippen molar-refractivity contribution in [3.05, 3.63) is 34.9 Å². The van der Waals surface area contributed by atoms with Gasteiger partial charge in [0.2, 0.25) is 5.91 Å². The Morgan fingerprint density at radius 2 is 1.51 bits per heavy atom. The first-order valence-corrected chi connectivity index (χ1v) is 15.2. The molecule has 0 spiro atoms. The van der Waals surface area contributed by atoms with Crippen LogP contribution in [0.15, 0.2) is 24.3 Å². The summed E-state index contributed by atoms with van der Waals surface area (Å²) in [5.41, 5.74) is 2.80. The summed E-state index contributed by atoms with van der Waals surface area (Å²) in [7, 11) is 1.50. The van der Waals surface area contributed by atoms with Gasteiger partial charge < -0.3 is 10.4 Å². The monoisotopic (exact) mass is 559 g/mol. The van der Waals surface area contributed by atoms with Crippen molar-refractivity contribution < 1.29 is 14.7 Å². The lowest BCUT2D eigenvalue weighted by molar-refractivity contribution is -0.140. The fraction of sp³-hybridized carbons (Fsp3) is 0.625. The highest BCUT2D eigenvalue weighted by molar-refractivity contribution is 6.37. The van der Waals surface area contributed by atoms with E-state index in [2.05, 4.69) is 24.6 Å². The molecule has 6 nitrogen and oxygen atoms in total. The first-order chi connectivity index (χ1) is 18.5. The molecule has 0 heterocycles. The Morgan fingerprint density at radius 3 is 2.10 bits per heavy atom. The number of hydrogen-bond donors (Lipinski definition) is 3. The van der Waals surface area contributed by atoms with Crippen molar-refractivity contribution in [1.29, 1.82) is 0 Å². The van der Waals surface area contributed by atoms with Gasteiger partial charge in [0.15, 0.2) is 0 Å². The van der Waals surface area contributed by atoms with Crippen molar-refractivity contribution in [1.82, 2.24) is 10.4 Å². The lowest BCUT2D eigenvalue weighted by atomic mass is 9.95. The maximum Gasteiger partial charge on any atom is 0.273 e. The second kappa shape index (κ2) is 16.0. The summed E-state index contributed by atoms with van der Waals surface area (Å²) in [4.78, 5) is 25.5. The molecule has 1 unspecified atom stereocenters. The highest BCUT2D eigenvalue weighted by Crippen LogP contribution is 2.39. The van der Waals surface area contributed by atoms with Gasteiger partial charge in [-0.2, -0.15) is 0 Å². The number of fused-ring (bicyclic) bond motifs is 1. The largest absolute Gasteiger partial charge is 0.506 e. The second-order valence-corrected chi connectivity index (χ2v) is 12.2. The summed E-state index contributed by atoms with van der Waals surface area (Å²) in [6, 6.07) is 7.43. The van der Waals surface area contributed by atoms with E-state index in [0.717, 1.165) is 23.5 Å². The van der Waals surface area contributed by atoms with Gasteiger partial charge in [-0.05, 0) is 25.0 Å². The van der Waals surface area contributed by atoms with Crippen LogP contribution in [0.5, 0.6) is 5.75 Å². The number of nitrogens with zero attached hydrogens (tertiary/aromatic N) is 1. The van der Waals surface area contributed by atoms with E-state index in [1.807, 2.05) is 12.1 Å². The van der Waals surface area contributed by atoms with Crippen LogP contribution in [0.4, 0.5) is 5.69 Å². The summed E-state index contributed by atoms with van der Waals surface area (Å²) in [5.74, 6) is -0.988. The zero-order chi connectivity index (χ0) is 29.0. The Bertz CT molecular complexity index is 1080. The number of rotatable bonds is 15. The molecular weight excluding hydrogens is 510 g/mol. The van der Waals surface area contributed by atoms with Crippen molar-refractivity contribution in [2.24, 2.45) is 5.41 Å². The summed E-state index contributed by atoms with van der Waals surface area (Å²) in [6.45, 7) is 9.80. The fourth-order valence-electron chi connectivity index (χ4n) is 4.98. The number of hydrazine groups is 1. The molecule has 2 aromatic rings. The average Bonchev–Trinajstić information content (AvgIpc) is 2.89.